The SMILES string of the molecule is COc1ccc(-c2cn(CCC(C)(C(=O)NO)S(C)(=O)=O)nn2)c(Cl)c1. The van der Waals surface area contributed by atoms with Crippen LogP contribution in [0.5, 0.6) is 5.75 Å². The summed E-state index contributed by atoms with van der Waals surface area (Å²) in [5.74, 6) is -0.399. The fourth-order valence-corrected chi connectivity index (χ4v) is 3.39. The number of carbonyl (C=O) groups excluding carboxylic acids is 1. The van der Waals surface area contributed by atoms with Crippen LogP contribution in [0, 0.1) is 0 Å². The van der Waals surface area contributed by atoms with Crippen LogP contribution in [0.15, 0.2) is 24.4 Å². The van der Waals surface area contributed by atoms with E-state index in [0.29, 0.717) is 22.0 Å². The summed E-state index contributed by atoms with van der Waals surface area (Å²) in [6, 6.07) is 5.10. The van der Waals surface area contributed by atoms with Crippen molar-refractivity contribution in [3.8, 4) is 17.0 Å². The molecule has 1 amide bonds. The van der Waals surface area contributed by atoms with Crippen LogP contribution in [-0.2, 0) is 21.2 Å². The number of amides is 1. The summed E-state index contributed by atoms with van der Waals surface area (Å²) in [6.45, 7) is 1.34. The molecule has 1 aromatic heterocycles. The molecule has 0 saturated heterocycles. The third-order valence-corrected chi connectivity index (χ3v) is 6.55. The predicted molar refractivity (Wildman–Crippen MR) is 94.8 cm³/mol. The largest absolute Gasteiger partial charge is 0.497 e. The summed E-state index contributed by atoms with van der Waals surface area (Å²) in [6.07, 6.45) is 2.43. The van der Waals surface area contributed by atoms with Gasteiger partial charge in [0.05, 0.1) is 18.3 Å². The quantitative estimate of drug-likeness (QED) is 0.528. The first-order chi connectivity index (χ1) is 12.1. The van der Waals surface area contributed by atoms with Gasteiger partial charge in [0.25, 0.3) is 5.91 Å². The van der Waals surface area contributed by atoms with Crippen LogP contribution >= 0.6 is 11.6 Å². The van der Waals surface area contributed by atoms with Crippen molar-refractivity contribution in [2.24, 2.45) is 0 Å². The Labute approximate surface area is 155 Å². The molecule has 1 unspecified atom stereocenters. The smallest absolute Gasteiger partial charge is 0.264 e. The zero-order valence-corrected chi connectivity index (χ0v) is 16.0. The van der Waals surface area contributed by atoms with Gasteiger partial charge >= 0.3 is 0 Å². The second-order valence-electron chi connectivity index (χ2n) is 5.91. The summed E-state index contributed by atoms with van der Waals surface area (Å²) in [5, 5.41) is 17.2. The second kappa shape index (κ2) is 7.60. The lowest BCUT2D eigenvalue weighted by atomic mass is 10.1. The third-order valence-electron chi connectivity index (χ3n) is 4.21. The first-order valence-corrected chi connectivity index (χ1v) is 9.77. The number of nitrogens with one attached hydrogen (secondary N) is 1. The number of halogens is 1. The van der Waals surface area contributed by atoms with Gasteiger partial charge in [0.2, 0.25) is 0 Å². The van der Waals surface area contributed by atoms with Gasteiger partial charge < -0.3 is 4.74 Å². The summed E-state index contributed by atoms with van der Waals surface area (Å²) in [7, 11) is -2.24. The fourth-order valence-electron chi connectivity index (χ4n) is 2.28. The molecule has 9 nitrogen and oxygen atoms in total. The third kappa shape index (κ3) is 3.97. The van der Waals surface area contributed by atoms with Crippen molar-refractivity contribution in [3.63, 3.8) is 0 Å². The maximum atomic E-state index is 12.0. The Bertz CT molecular complexity index is 915. The molecule has 26 heavy (non-hydrogen) atoms. The van der Waals surface area contributed by atoms with Crippen molar-refractivity contribution in [1.82, 2.24) is 20.5 Å². The Kier molecular flexibility index (Phi) is 5.89. The molecule has 1 atom stereocenters. The number of methoxy groups -OCH3 is 1. The highest BCUT2D eigenvalue weighted by Crippen LogP contribution is 2.30. The number of aromatic nitrogens is 3. The van der Waals surface area contributed by atoms with Crippen molar-refractivity contribution >= 4 is 27.3 Å². The van der Waals surface area contributed by atoms with Crippen molar-refractivity contribution in [2.75, 3.05) is 13.4 Å². The Hall–Kier alpha value is -2.17. The second-order valence-corrected chi connectivity index (χ2v) is 8.76. The number of ether oxygens (including phenoxy) is 1. The predicted octanol–water partition coefficient (Wildman–Crippen LogP) is 1.31. The summed E-state index contributed by atoms with van der Waals surface area (Å²) in [5.41, 5.74) is 2.53. The van der Waals surface area contributed by atoms with E-state index in [1.807, 2.05) is 0 Å². The molecule has 1 heterocycles. The summed E-state index contributed by atoms with van der Waals surface area (Å²) >= 11 is 6.20. The normalized spacial score (nSPS) is 13.9. The van der Waals surface area contributed by atoms with Gasteiger partial charge in [-0.3, -0.25) is 14.7 Å². The number of sulfone groups is 1. The molecule has 0 bridgehead atoms. The van der Waals surface area contributed by atoms with Crippen LogP contribution in [-0.4, -0.2) is 52.6 Å². The highest BCUT2D eigenvalue weighted by atomic mass is 35.5. The topological polar surface area (TPSA) is 123 Å². The number of carbonyl (C=O) groups is 1. The Balaban J connectivity index is 2.22. The minimum absolute atomic E-state index is 0.0950. The van der Waals surface area contributed by atoms with Crippen molar-refractivity contribution in [3.05, 3.63) is 29.4 Å². The standard InChI is InChI=1S/C15H19ClN4O5S/c1-15(14(21)18-22,26(3,23)24)6-7-20-9-13(17-19-20)11-5-4-10(25-2)8-12(11)16/h4-5,8-9,22H,6-7H2,1-3H3,(H,18,21). The number of rotatable bonds is 7. The van der Waals surface area contributed by atoms with E-state index in [2.05, 4.69) is 10.3 Å². The zero-order valence-electron chi connectivity index (χ0n) is 14.4. The maximum absolute atomic E-state index is 12.0. The maximum Gasteiger partial charge on any atom is 0.264 e. The van der Waals surface area contributed by atoms with Crippen LogP contribution in [0.1, 0.15) is 13.3 Å². The Morgan fingerprint density at radius 2 is 2.15 bits per heavy atom. The molecule has 2 aromatic rings. The van der Waals surface area contributed by atoms with Gasteiger partial charge in [0.15, 0.2) is 14.6 Å². The van der Waals surface area contributed by atoms with E-state index in [1.54, 1.807) is 24.4 Å². The molecule has 0 spiro atoms. The molecular formula is C15H19ClN4O5S. The molecule has 2 N–H and O–H groups in total. The lowest BCUT2D eigenvalue weighted by Gasteiger charge is -2.24. The zero-order chi connectivity index (χ0) is 19.5. The van der Waals surface area contributed by atoms with E-state index in [9.17, 15) is 13.2 Å². The van der Waals surface area contributed by atoms with Gasteiger partial charge in [-0.2, -0.15) is 0 Å². The van der Waals surface area contributed by atoms with Gasteiger partial charge in [0.1, 0.15) is 11.4 Å². The minimum Gasteiger partial charge on any atom is -0.497 e. The monoisotopic (exact) mass is 402 g/mol. The highest BCUT2D eigenvalue weighted by Gasteiger charge is 2.43. The molecule has 0 aliphatic rings. The highest BCUT2D eigenvalue weighted by molar-refractivity contribution is 7.92. The number of benzene rings is 1. The van der Waals surface area contributed by atoms with Gasteiger partial charge in [-0.25, -0.2) is 13.9 Å². The van der Waals surface area contributed by atoms with Crippen molar-refractivity contribution in [1.29, 1.82) is 0 Å². The molecule has 0 saturated carbocycles. The number of hydrogen-bond acceptors (Lipinski definition) is 7. The Morgan fingerprint density at radius 3 is 2.69 bits per heavy atom. The van der Waals surface area contributed by atoms with E-state index in [4.69, 9.17) is 21.5 Å². The molecule has 0 aliphatic carbocycles. The van der Waals surface area contributed by atoms with E-state index in [1.165, 1.54) is 24.2 Å². The van der Waals surface area contributed by atoms with Gasteiger partial charge in [0, 0.05) is 18.4 Å². The van der Waals surface area contributed by atoms with E-state index < -0.39 is 20.5 Å². The van der Waals surface area contributed by atoms with Gasteiger partial charge in [-0.1, -0.05) is 16.8 Å². The van der Waals surface area contributed by atoms with Crippen LogP contribution < -0.4 is 10.2 Å². The number of nitrogens with zero attached hydrogens (tertiary/aromatic N) is 3. The van der Waals surface area contributed by atoms with Crippen molar-refractivity contribution < 1.29 is 23.2 Å². The van der Waals surface area contributed by atoms with E-state index in [-0.39, 0.29) is 13.0 Å². The van der Waals surface area contributed by atoms with Crippen LogP contribution in [0.3, 0.4) is 0 Å². The number of aryl methyl sites for hydroxylation is 1. The molecule has 0 fully saturated rings. The lowest BCUT2D eigenvalue weighted by molar-refractivity contribution is -0.131. The molecule has 2 rings (SSSR count). The van der Waals surface area contributed by atoms with Crippen LogP contribution in [0.2, 0.25) is 5.02 Å². The number of hydrogen-bond donors (Lipinski definition) is 2. The van der Waals surface area contributed by atoms with E-state index >= 15 is 0 Å². The molecule has 0 radical (unpaired) electrons. The molecule has 0 aliphatic heterocycles. The summed E-state index contributed by atoms with van der Waals surface area (Å²) < 4.78 is 28.6. The van der Waals surface area contributed by atoms with Gasteiger partial charge in [-0.15, -0.1) is 5.10 Å². The number of hydroxylamine groups is 1. The average molecular weight is 403 g/mol. The molecule has 142 valence electrons. The molecular weight excluding hydrogens is 384 g/mol. The molecule has 11 heteroatoms. The lowest BCUT2D eigenvalue weighted by Crippen LogP contribution is -2.49. The first-order valence-electron chi connectivity index (χ1n) is 7.50. The molecule has 1 aromatic carbocycles. The fraction of sp³-hybridized carbons (Fsp3) is 0.400. The minimum atomic E-state index is -3.77. The Morgan fingerprint density at radius 1 is 1.46 bits per heavy atom. The van der Waals surface area contributed by atoms with E-state index in [0.717, 1.165) is 6.26 Å². The van der Waals surface area contributed by atoms with Crippen LogP contribution in [0.25, 0.3) is 11.3 Å². The van der Waals surface area contributed by atoms with Crippen LogP contribution in [0.4, 0.5) is 0 Å². The van der Waals surface area contributed by atoms with Gasteiger partial charge in [-0.05, 0) is 31.5 Å². The summed E-state index contributed by atoms with van der Waals surface area (Å²) in [4.78, 5) is 11.8. The first kappa shape index (κ1) is 20.1. The average Bonchev–Trinajstić information content (AvgIpc) is 3.06. The van der Waals surface area contributed by atoms with Crippen molar-refractivity contribution in [2.45, 2.75) is 24.6 Å².